The minimum Gasteiger partial charge on any atom is -0.496 e. The monoisotopic (exact) mass is 367 g/mol. The van der Waals surface area contributed by atoms with E-state index in [-0.39, 0.29) is 28.3 Å². The molecule has 2 aromatic rings. The van der Waals surface area contributed by atoms with Crippen molar-refractivity contribution in [2.45, 2.75) is 19.3 Å². The number of carbonyl (C=O) groups is 3. The quantitative estimate of drug-likeness (QED) is 0.815. The smallest absolute Gasteiger partial charge is 0.268 e. The van der Waals surface area contributed by atoms with Crippen LogP contribution in [0.4, 0.5) is 0 Å². The number of aromatic nitrogens is 1. The maximum Gasteiger partial charge on any atom is 0.268 e. The topological polar surface area (TPSA) is 103 Å². The van der Waals surface area contributed by atoms with Crippen molar-refractivity contribution in [3.8, 4) is 5.75 Å². The molecule has 2 amide bonds. The molecule has 2 heterocycles. The fourth-order valence-electron chi connectivity index (χ4n) is 3.29. The molecule has 3 rings (SSSR count). The number of ketones is 1. The van der Waals surface area contributed by atoms with E-state index in [4.69, 9.17) is 10.5 Å². The molecular weight excluding hydrogens is 346 g/mol. The van der Waals surface area contributed by atoms with Crippen molar-refractivity contribution in [1.82, 2.24) is 9.88 Å². The molecule has 0 unspecified atom stereocenters. The Kier molecular flexibility index (Phi) is 5.49. The number of nitrogens with zero attached hydrogens (tertiary/aromatic N) is 2. The van der Waals surface area contributed by atoms with Crippen LogP contribution in [0.2, 0.25) is 0 Å². The van der Waals surface area contributed by atoms with Gasteiger partial charge in [-0.15, -0.1) is 0 Å². The van der Waals surface area contributed by atoms with Gasteiger partial charge in [-0.3, -0.25) is 19.4 Å². The van der Waals surface area contributed by atoms with Gasteiger partial charge in [0.1, 0.15) is 11.4 Å². The molecule has 1 aliphatic heterocycles. The van der Waals surface area contributed by atoms with Crippen LogP contribution in [0, 0.1) is 0 Å². The van der Waals surface area contributed by atoms with Crippen molar-refractivity contribution >= 4 is 17.6 Å². The standard InChI is InChI=1S/C20H21N3O4/c1-27-15-8-4-3-7-13(15)18(24)16-14(9-10-22-17(16)19(21)25)20(26)23-11-5-2-6-12-23/h3-4,7-10H,2,5-6,11-12H2,1H3,(H2,21,25). The average molecular weight is 367 g/mol. The Morgan fingerprint density at radius 3 is 2.41 bits per heavy atom. The summed E-state index contributed by atoms with van der Waals surface area (Å²) in [5.41, 5.74) is 5.52. The van der Waals surface area contributed by atoms with E-state index >= 15 is 0 Å². The first-order valence-electron chi connectivity index (χ1n) is 8.80. The van der Waals surface area contributed by atoms with E-state index in [2.05, 4.69) is 4.98 Å². The number of hydrogen-bond donors (Lipinski definition) is 1. The Morgan fingerprint density at radius 2 is 1.74 bits per heavy atom. The number of nitrogens with two attached hydrogens (primary N) is 1. The van der Waals surface area contributed by atoms with Crippen LogP contribution >= 0.6 is 0 Å². The molecule has 1 saturated heterocycles. The van der Waals surface area contributed by atoms with Crippen LogP contribution in [0.15, 0.2) is 36.5 Å². The summed E-state index contributed by atoms with van der Waals surface area (Å²) in [6.45, 7) is 1.24. The van der Waals surface area contributed by atoms with Crippen LogP contribution in [0.25, 0.3) is 0 Å². The molecule has 0 radical (unpaired) electrons. The average Bonchev–Trinajstić information content (AvgIpc) is 2.72. The van der Waals surface area contributed by atoms with Gasteiger partial charge in [0.15, 0.2) is 5.78 Å². The lowest BCUT2D eigenvalue weighted by molar-refractivity contribution is 0.0720. The summed E-state index contributed by atoms with van der Waals surface area (Å²) in [4.78, 5) is 43.9. The molecule has 1 aromatic heterocycles. The van der Waals surface area contributed by atoms with E-state index in [9.17, 15) is 14.4 Å². The predicted octanol–water partition coefficient (Wildman–Crippen LogP) is 2.05. The van der Waals surface area contributed by atoms with Crippen molar-refractivity contribution in [2.75, 3.05) is 20.2 Å². The maximum absolute atomic E-state index is 13.3. The lowest BCUT2D eigenvalue weighted by atomic mass is 9.95. The zero-order chi connectivity index (χ0) is 19.4. The van der Waals surface area contributed by atoms with Crippen LogP contribution < -0.4 is 10.5 Å². The molecular formula is C20H21N3O4. The third-order valence-corrected chi connectivity index (χ3v) is 4.64. The summed E-state index contributed by atoms with van der Waals surface area (Å²) in [5.74, 6) is -1.33. The Morgan fingerprint density at radius 1 is 1.04 bits per heavy atom. The highest BCUT2D eigenvalue weighted by atomic mass is 16.5. The second kappa shape index (κ2) is 7.99. The number of benzene rings is 1. The van der Waals surface area contributed by atoms with Gasteiger partial charge in [0.05, 0.1) is 23.8 Å². The molecule has 2 N–H and O–H groups in total. The SMILES string of the molecule is COc1ccccc1C(=O)c1c(C(=O)N2CCCCC2)ccnc1C(N)=O. The van der Waals surface area contributed by atoms with Crippen molar-refractivity contribution < 1.29 is 19.1 Å². The molecule has 0 spiro atoms. The maximum atomic E-state index is 13.3. The molecule has 140 valence electrons. The summed E-state index contributed by atoms with van der Waals surface area (Å²) in [7, 11) is 1.45. The van der Waals surface area contributed by atoms with Crippen LogP contribution in [0.5, 0.6) is 5.75 Å². The second-order valence-corrected chi connectivity index (χ2v) is 6.33. The first kappa shape index (κ1) is 18.6. The van der Waals surface area contributed by atoms with Crippen LogP contribution in [0.3, 0.4) is 0 Å². The third kappa shape index (κ3) is 3.67. The van der Waals surface area contributed by atoms with Gasteiger partial charge in [0, 0.05) is 19.3 Å². The number of carbonyl (C=O) groups excluding carboxylic acids is 3. The van der Waals surface area contributed by atoms with Gasteiger partial charge in [-0.1, -0.05) is 12.1 Å². The highest BCUT2D eigenvalue weighted by Crippen LogP contribution is 2.26. The number of amides is 2. The number of likely N-dealkylation sites (tertiary alicyclic amines) is 1. The molecule has 0 atom stereocenters. The Hall–Kier alpha value is -3.22. The van der Waals surface area contributed by atoms with Gasteiger partial charge >= 0.3 is 0 Å². The van der Waals surface area contributed by atoms with Crippen molar-refractivity contribution in [1.29, 1.82) is 0 Å². The number of ether oxygens (including phenoxy) is 1. The molecule has 7 nitrogen and oxygen atoms in total. The van der Waals surface area contributed by atoms with E-state index in [0.717, 1.165) is 19.3 Å². The van der Waals surface area contributed by atoms with Crippen LogP contribution in [0.1, 0.15) is 56.0 Å². The zero-order valence-electron chi connectivity index (χ0n) is 15.1. The normalized spacial score (nSPS) is 13.9. The molecule has 1 aromatic carbocycles. The van der Waals surface area contributed by atoms with Crippen molar-refractivity contribution in [3.63, 3.8) is 0 Å². The van der Waals surface area contributed by atoms with Gasteiger partial charge in [0.2, 0.25) is 0 Å². The molecule has 1 fully saturated rings. The largest absolute Gasteiger partial charge is 0.496 e. The van der Waals surface area contributed by atoms with E-state index in [1.165, 1.54) is 19.4 Å². The number of piperidine rings is 1. The van der Waals surface area contributed by atoms with Crippen molar-refractivity contribution in [2.24, 2.45) is 5.73 Å². The highest BCUT2D eigenvalue weighted by Gasteiger charge is 2.29. The lowest BCUT2D eigenvalue weighted by Crippen LogP contribution is -2.37. The Balaban J connectivity index is 2.13. The summed E-state index contributed by atoms with van der Waals surface area (Å²) in [6.07, 6.45) is 4.22. The summed E-state index contributed by atoms with van der Waals surface area (Å²) >= 11 is 0. The number of methoxy groups -OCH3 is 1. The lowest BCUT2D eigenvalue weighted by Gasteiger charge is -2.27. The van der Waals surface area contributed by atoms with Gasteiger partial charge in [-0.25, -0.2) is 0 Å². The van der Waals surface area contributed by atoms with E-state index in [1.54, 1.807) is 29.2 Å². The minimum absolute atomic E-state index is 0.0786. The van der Waals surface area contributed by atoms with Gasteiger partial charge in [-0.05, 0) is 37.5 Å². The molecule has 1 aliphatic rings. The highest BCUT2D eigenvalue weighted by molar-refractivity contribution is 6.20. The predicted molar refractivity (Wildman–Crippen MR) is 98.9 cm³/mol. The van der Waals surface area contributed by atoms with Gasteiger partial charge in [0.25, 0.3) is 11.8 Å². The van der Waals surface area contributed by atoms with Crippen LogP contribution in [-0.4, -0.2) is 47.7 Å². The number of primary amides is 1. The summed E-state index contributed by atoms with van der Waals surface area (Å²) in [5, 5.41) is 0. The third-order valence-electron chi connectivity index (χ3n) is 4.64. The molecule has 7 heteroatoms. The van der Waals surface area contributed by atoms with E-state index in [0.29, 0.717) is 18.8 Å². The zero-order valence-corrected chi connectivity index (χ0v) is 15.1. The fraction of sp³-hybridized carbons (Fsp3) is 0.300. The number of hydrogen-bond acceptors (Lipinski definition) is 5. The van der Waals surface area contributed by atoms with Crippen LogP contribution in [-0.2, 0) is 0 Å². The first-order valence-corrected chi connectivity index (χ1v) is 8.80. The van der Waals surface area contributed by atoms with Gasteiger partial charge in [-0.2, -0.15) is 0 Å². The Bertz CT molecular complexity index is 889. The van der Waals surface area contributed by atoms with Crippen molar-refractivity contribution in [3.05, 3.63) is 58.9 Å². The molecule has 0 aliphatic carbocycles. The summed E-state index contributed by atoms with van der Waals surface area (Å²) in [6, 6.07) is 8.09. The molecule has 27 heavy (non-hydrogen) atoms. The number of para-hydroxylation sites is 1. The summed E-state index contributed by atoms with van der Waals surface area (Å²) < 4.78 is 5.25. The van der Waals surface area contributed by atoms with E-state index < -0.39 is 11.7 Å². The minimum atomic E-state index is -0.860. The molecule has 0 saturated carbocycles. The molecule has 0 bridgehead atoms. The first-order chi connectivity index (χ1) is 13.0. The number of pyridine rings is 1. The van der Waals surface area contributed by atoms with E-state index in [1.807, 2.05) is 0 Å². The number of rotatable bonds is 5. The second-order valence-electron chi connectivity index (χ2n) is 6.33. The fourth-order valence-corrected chi connectivity index (χ4v) is 3.29. The Labute approximate surface area is 157 Å². The van der Waals surface area contributed by atoms with Gasteiger partial charge < -0.3 is 15.4 Å².